The van der Waals surface area contributed by atoms with Gasteiger partial charge < -0.3 is 5.73 Å². The van der Waals surface area contributed by atoms with Crippen LogP contribution in [0, 0.1) is 0 Å². The number of amides is 3. The predicted molar refractivity (Wildman–Crippen MR) is 51.0 cm³/mol. The van der Waals surface area contributed by atoms with Crippen LogP contribution in [-0.4, -0.2) is 22.4 Å². The quantitative estimate of drug-likeness (QED) is 0.523. The summed E-state index contributed by atoms with van der Waals surface area (Å²) in [5, 5.41) is 0. The second-order valence-corrected chi connectivity index (χ2v) is 4.72. The maximum absolute atomic E-state index is 11.5. The topological polar surface area (TPSA) is 84.2 Å². The number of rotatable bonds is 1. The average molecular weight is 203 g/mol. The monoisotopic (exact) mass is 203 g/mol. The largest absolute Gasteiger partial charge is 0.350 e. The molecule has 6 heteroatoms. The van der Waals surface area contributed by atoms with Gasteiger partial charge in [-0.15, -0.1) is 11.8 Å². The van der Waals surface area contributed by atoms with E-state index in [-0.39, 0.29) is 5.91 Å². The summed E-state index contributed by atoms with van der Waals surface area (Å²) in [7, 11) is 0. The number of nitrogens with two attached hydrogens (primary N) is 1. The van der Waals surface area contributed by atoms with Gasteiger partial charge in [-0.05, 0) is 25.5 Å². The van der Waals surface area contributed by atoms with Gasteiger partial charge in [0.25, 0.3) is 5.91 Å². The van der Waals surface area contributed by atoms with Gasteiger partial charge in [-0.2, -0.15) is 0 Å². The number of hydrogen-bond donors (Lipinski definition) is 3. The first kappa shape index (κ1) is 10.2. The van der Waals surface area contributed by atoms with Gasteiger partial charge in [-0.25, -0.2) is 10.2 Å². The Morgan fingerprint density at radius 1 is 1.46 bits per heavy atom. The number of carbonyl (C=O) groups is 2. The molecule has 1 heterocycles. The van der Waals surface area contributed by atoms with Crippen LogP contribution >= 0.6 is 11.8 Å². The maximum Gasteiger partial charge on any atom is 0.330 e. The summed E-state index contributed by atoms with van der Waals surface area (Å²) >= 11 is 1.60. The van der Waals surface area contributed by atoms with Gasteiger partial charge in [0, 0.05) is 0 Å². The highest BCUT2D eigenvalue weighted by molar-refractivity contribution is 8.01. The van der Waals surface area contributed by atoms with E-state index >= 15 is 0 Å². The molecule has 1 aliphatic rings. The number of urea groups is 1. The standard InChI is InChI=1S/C7H13N3O2S/c1-7(3-2-4-13-7)5(11)9-10-6(8)12/h2-4H2,1H3,(H,9,11)(H3,8,10,12). The van der Waals surface area contributed by atoms with Crippen LogP contribution in [0.5, 0.6) is 0 Å². The lowest BCUT2D eigenvalue weighted by Gasteiger charge is -2.20. The summed E-state index contributed by atoms with van der Waals surface area (Å²) in [6.45, 7) is 1.86. The van der Waals surface area contributed by atoms with Crippen LogP contribution in [-0.2, 0) is 4.79 Å². The van der Waals surface area contributed by atoms with E-state index < -0.39 is 10.8 Å². The molecular weight excluding hydrogens is 190 g/mol. The Balaban J connectivity index is 2.42. The van der Waals surface area contributed by atoms with Gasteiger partial charge in [0.2, 0.25) is 0 Å². The van der Waals surface area contributed by atoms with Crippen LogP contribution in [0.25, 0.3) is 0 Å². The van der Waals surface area contributed by atoms with E-state index in [1.54, 1.807) is 11.8 Å². The van der Waals surface area contributed by atoms with Crippen LogP contribution in [0.15, 0.2) is 0 Å². The van der Waals surface area contributed by atoms with E-state index in [0.717, 1.165) is 18.6 Å². The van der Waals surface area contributed by atoms with Crippen molar-refractivity contribution in [2.45, 2.75) is 24.5 Å². The second kappa shape index (κ2) is 3.87. The Labute approximate surface area is 80.8 Å². The fourth-order valence-corrected chi connectivity index (χ4v) is 2.42. The van der Waals surface area contributed by atoms with E-state index in [0.29, 0.717) is 0 Å². The van der Waals surface area contributed by atoms with Crippen LogP contribution < -0.4 is 16.6 Å². The third-order valence-corrected chi connectivity index (χ3v) is 3.52. The molecule has 1 rings (SSSR count). The fourth-order valence-electron chi connectivity index (χ4n) is 1.21. The van der Waals surface area contributed by atoms with Crippen LogP contribution in [0.1, 0.15) is 19.8 Å². The summed E-state index contributed by atoms with van der Waals surface area (Å²) in [4.78, 5) is 21.8. The lowest BCUT2D eigenvalue weighted by atomic mass is 10.1. The molecule has 1 unspecified atom stereocenters. The lowest BCUT2D eigenvalue weighted by Crippen LogP contribution is -2.51. The molecule has 0 bridgehead atoms. The Hall–Kier alpha value is -0.910. The summed E-state index contributed by atoms with van der Waals surface area (Å²) in [5.41, 5.74) is 9.16. The first-order valence-electron chi connectivity index (χ1n) is 4.04. The molecule has 5 nitrogen and oxygen atoms in total. The Morgan fingerprint density at radius 3 is 2.62 bits per heavy atom. The van der Waals surface area contributed by atoms with Crippen LogP contribution in [0.3, 0.4) is 0 Å². The zero-order chi connectivity index (χ0) is 9.90. The highest BCUT2D eigenvalue weighted by Crippen LogP contribution is 2.37. The summed E-state index contributed by atoms with van der Waals surface area (Å²) < 4.78 is -0.414. The van der Waals surface area contributed by atoms with Gasteiger partial charge in [0.1, 0.15) is 0 Å². The molecule has 4 N–H and O–H groups in total. The smallest absolute Gasteiger partial charge is 0.330 e. The zero-order valence-corrected chi connectivity index (χ0v) is 8.24. The predicted octanol–water partition coefficient (Wildman–Crippen LogP) is -0.0284. The number of hydrazine groups is 1. The lowest BCUT2D eigenvalue weighted by molar-refractivity contribution is -0.123. The number of nitrogens with one attached hydrogen (secondary N) is 2. The summed E-state index contributed by atoms with van der Waals surface area (Å²) in [5.74, 6) is 0.800. The molecule has 0 aliphatic carbocycles. The number of primary amides is 1. The van der Waals surface area contributed by atoms with Crippen molar-refractivity contribution in [2.75, 3.05) is 5.75 Å². The van der Waals surface area contributed by atoms with E-state index in [4.69, 9.17) is 5.73 Å². The van der Waals surface area contributed by atoms with E-state index in [1.807, 2.05) is 6.92 Å². The molecule has 1 saturated heterocycles. The molecule has 0 spiro atoms. The van der Waals surface area contributed by atoms with Crippen molar-refractivity contribution in [3.8, 4) is 0 Å². The van der Waals surface area contributed by atoms with Crippen molar-refractivity contribution in [3.63, 3.8) is 0 Å². The van der Waals surface area contributed by atoms with Crippen LogP contribution in [0.2, 0.25) is 0 Å². The van der Waals surface area contributed by atoms with E-state index in [2.05, 4.69) is 10.9 Å². The molecule has 1 atom stereocenters. The minimum atomic E-state index is -0.750. The van der Waals surface area contributed by atoms with Gasteiger partial charge in [0.15, 0.2) is 0 Å². The van der Waals surface area contributed by atoms with Crippen molar-refractivity contribution < 1.29 is 9.59 Å². The normalized spacial score (nSPS) is 26.8. The molecule has 0 saturated carbocycles. The summed E-state index contributed by atoms with van der Waals surface area (Å²) in [6, 6.07) is -0.750. The molecule has 74 valence electrons. The Morgan fingerprint density at radius 2 is 2.15 bits per heavy atom. The molecule has 0 aromatic heterocycles. The molecule has 1 aliphatic heterocycles. The SMILES string of the molecule is CC1(C(=O)NNC(N)=O)CCCS1. The van der Waals surface area contributed by atoms with Gasteiger partial charge in [0.05, 0.1) is 4.75 Å². The molecule has 0 radical (unpaired) electrons. The third kappa shape index (κ3) is 2.51. The number of thioether (sulfide) groups is 1. The summed E-state index contributed by atoms with van der Waals surface area (Å²) in [6.07, 6.45) is 1.87. The first-order valence-corrected chi connectivity index (χ1v) is 5.03. The zero-order valence-electron chi connectivity index (χ0n) is 7.42. The second-order valence-electron chi connectivity index (χ2n) is 3.13. The Kier molecular flexibility index (Phi) is 3.02. The van der Waals surface area contributed by atoms with Crippen molar-refractivity contribution in [3.05, 3.63) is 0 Å². The first-order chi connectivity index (χ1) is 6.04. The third-order valence-electron chi connectivity index (χ3n) is 2.00. The van der Waals surface area contributed by atoms with Crippen molar-refractivity contribution in [2.24, 2.45) is 5.73 Å². The highest BCUT2D eigenvalue weighted by atomic mass is 32.2. The van der Waals surface area contributed by atoms with E-state index in [1.165, 1.54) is 0 Å². The molecule has 0 aromatic carbocycles. The number of carbonyl (C=O) groups excluding carboxylic acids is 2. The van der Waals surface area contributed by atoms with Gasteiger partial charge in [-0.1, -0.05) is 0 Å². The fraction of sp³-hybridized carbons (Fsp3) is 0.714. The highest BCUT2D eigenvalue weighted by Gasteiger charge is 2.37. The van der Waals surface area contributed by atoms with E-state index in [9.17, 15) is 9.59 Å². The molecular formula is C7H13N3O2S. The maximum atomic E-state index is 11.5. The molecule has 3 amide bonds. The molecule has 1 fully saturated rings. The Bertz CT molecular complexity index is 226. The van der Waals surface area contributed by atoms with Crippen molar-refractivity contribution in [1.82, 2.24) is 10.9 Å². The van der Waals surface area contributed by atoms with Crippen molar-refractivity contribution in [1.29, 1.82) is 0 Å². The minimum absolute atomic E-state index is 0.186. The van der Waals surface area contributed by atoms with Crippen LogP contribution in [0.4, 0.5) is 4.79 Å². The van der Waals surface area contributed by atoms with Gasteiger partial charge >= 0.3 is 6.03 Å². The minimum Gasteiger partial charge on any atom is -0.350 e. The van der Waals surface area contributed by atoms with Gasteiger partial charge in [-0.3, -0.25) is 10.2 Å². The average Bonchev–Trinajstić information content (AvgIpc) is 2.49. The molecule has 13 heavy (non-hydrogen) atoms. The van der Waals surface area contributed by atoms with Crippen molar-refractivity contribution >= 4 is 23.7 Å². The number of hydrogen-bond acceptors (Lipinski definition) is 3. The molecule has 0 aromatic rings.